The first kappa shape index (κ1) is 38.8. The maximum Gasteiger partial charge on any atom is 3.00 e. The zero-order chi connectivity index (χ0) is 34.1. The third-order valence-corrected chi connectivity index (χ3v) is 7.50. The molecule has 0 bridgehead atoms. The van der Waals surface area contributed by atoms with Crippen LogP contribution in [-0.2, 0) is 14.4 Å². The molecule has 0 atom stereocenters. The fourth-order valence-electron chi connectivity index (χ4n) is 5.27. The van der Waals surface area contributed by atoms with E-state index in [1.54, 1.807) is 72.8 Å². The monoisotopic (exact) mass is 786 g/mol. The van der Waals surface area contributed by atoms with Gasteiger partial charge in [-0.25, -0.2) is 0 Å². The van der Waals surface area contributed by atoms with Gasteiger partial charge in [-0.05, 0) is 33.4 Å². The van der Waals surface area contributed by atoms with E-state index in [-0.39, 0.29) is 49.4 Å². The van der Waals surface area contributed by atoms with E-state index in [0.717, 1.165) is 33.4 Å². The van der Waals surface area contributed by atoms with Gasteiger partial charge in [-0.15, -0.1) is 0 Å². The van der Waals surface area contributed by atoms with Gasteiger partial charge in [0.2, 0.25) is 0 Å². The molecule has 0 unspecified atom stereocenters. The van der Waals surface area contributed by atoms with Gasteiger partial charge in [0.1, 0.15) is 0 Å². The average Bonchev–Trinajstić information content (AvgIpc) is 3.12. The van der Waals surface area contributed by atoms with Crippen LogP contribution in [0.15, 0.2) is 182 Å². The van der Waals surface area contributed by atoms with Crippen LogP contribution in [0.1, 0.15) is 51.1 Å². The molecule has 0 aliphatic carbocycles. The number of benzene rings is 6. The Hall–Kier alpha value is -4.69. The van der Waals surface area contributed by atoms with E-state index in [1.165, 1.54) is 0 Å². The molecule has 0 spiro atoms. The molecule has 0 aliphatic rings. The second-order valence-electron chi connectivity index (χ2n) is 10.7. The molecule has 0 aromatic heterocycles. The van der Waals surface area contributed by atoms with Crippen LogP contribution in [0.4, 0.5) is 0 Å². The summed E-state index contributed by atoms with van der Waals surface area (Å²) in [6.45, 7) is 0. The minimum atomic E-state index is -1.07. The molecule has 6 aromatic carbocycles. The summed E-state index contributed by atoms with van der Waals surface area (Å²) in [4.78, 5) is 33.6. The van der Waals surface area contributed by atoms with Crippen molar-refractivity contribution in [1.82, 2.24) is 0 Å². The summed E-state index contributed by atoms with van der Waals surface area (Å²) in [7, 11) is 0. The van der Waals surface area contributed by atoms with Gasteiger partial charge in [0.05, 0.1) is 17.9 Å². The van der Waals surface area contributed by atoms with Crippen molar-refractivity contribution in [3.63, 3.8) is 0 Å². The van der Waals surface area contributed by atoms with Crippen LogP contribution in [0.5, 0.6) is 0 Å². The fraction of sp³-hybridized carbons (Fsp3) is 0.0714. The van der Waals surface area contributed by atoms with E-state index in [2.05, 4.69) is 0 Å². The van der Waals surface area contributed by atoms with E-state index in [9.17, 15) is 29.7 Å². The molecular weight excluding hydrogens is 752 g/mol. The Morgan fingerprint density at radius 3 is 0.510 bits per heavy atom. The minimum absolute atomic E-state index is 0. The molecule has 6 rings (SSSR count). The number of hydrogen-bond donors (Lipinski definition) is 0. The van der Waals surface area contributed by atoms with Crippen molar-refractivity contribution in [1.29, 1.82) is 0 Å². The van der Waals surface area contributed by atoms with E-state index < -0.39 is 35.7 Å². The van der Waals surface area contributed by atoms with E-state index in [1.807, 2.05) is 109 Å². The summed E-state index contributed by atoms with van der Waals surface area (Å²) in [6.07, 6.45) is 0. The third-order valence-electron chi connectivity index (χ3n) is 7.50. The summed E-state index contributed by atoms with van der Waals surface area (Å²) in [5.41, 5.74) is 4.47. The zero-order valence-corrected chi connectivity index (χ0v) is 28.8. The second kappa shape index (κ2) is 20.6. The van der Waals surface area contributed by atoms with Crippen LogP contribution in [-0.4, -0.2) is 17.9 Å². The molecule has 0 saturated carbocycles. The van der Waals surface area contributed by atoms with Gasteiger partial charge in [0, 0.05) is 17.8 Å². The molecule has 244 valence electrons. The average molecular weight is 786 g/mol. The molecule has 0 radical (unpaired) electrons. The van der Waals surface area contributed by atoms with Gasteiger partial charge in [0.25, 0.3) is 0 Å². The minimum Gasteiger partial charge on any atom is -0.549 e. The number of carbonyl (C=O) groups is 3. The predicted molar refractivity (Wildman–Crippen MR) is 179 cm³/mol. The van der Waals surface area contributed by atoms with Gasteiger partial charge < -0.3 is 29.7 Å². The third kappa shape index (κ3) is 11.8. The molecule has 6 aromatic rings. The molecule has 7 heteroatoms. The Kier molecular flexibility index (Phi) is 16.3. The molecule has 0 heterocycles. The molecule has 0 saturated heterocycles. The topological polar surface area (TPSA) is 120 Å². The van der Waals surface area contributed by atoms with Gasteiger partial charge in [0.15, 0.2) is 0 Å². The summed E-state index contributed by atoms with van der Waals surface area (Å²) < 4.78 is 0. The first-order chi connectivity index (χ1) is 23.4. The van der Waals surface area contributed by atoms with Crippen molar-refractivity contribution in [2.75, 3.05) is 0 Å². The van der Waals surface area contributed by atoms with Crippen LogP contribution < -0.4 is 15.3 Å². The number of aliphatic carboxylic acids is 3. The Morgan fingerprint density at radius 1 is 0.286 bits per heavy atom. The normalized spacial score (nSPS) is 10.1. The maximum atomic E-state index is 11.2. The Labute approximate surface area is 327 Å². The smallest absolute Gasteiger partial charge is 0.549 e. The number of carbonyl (C=O) groups excluding carboxylic acids is 3. The van der Waals surface area contributed by atoms with Crippen molar-refractivity contribution in [3.05, 3.63) is 215 Å². The largest absolute Gasteiger partial charge is 3.00 e. The second-order valence-corrected chi connectivity index (χ2v) is 10.7. The predicted octanol–water partition coefficient (Wildman–Crippen LogP) is 4.71. The Bertz CT molecular complexity index is 1500. The van der Waals surface area contributed by atoms with Crippen LogP contribution in [0, 0.1) is 49.4 Å². The quantitative estimate of drug-likeness (QED) is 0.210. The Balaban J connectivity index is 0.000000197. The Morgan fingerprint density at radius 2 is 0.408 bits per heavy atom. The summed E-state index contributed by atoms with van der Waals surface area (Å²) in [5, 5.41) is 33.6. The molecule has 0 amide bonds. The molecule has 0 fully saturated rings. The number of rotatable bonds is 9. The van der Waals surface area contributed by atoms with E-state index >= 15 is 0 Å². The SMILES string of the molecule is O=C([O-])C(c1ccccc1)c1ccccc1.O=C([O-])C(c1ccccc1)c1ccccc1.O=C([O-])C(c1ccccc1)c1ccccc1.[Eu+3]. The first-order valence-corrected chi connectivity index (χ1v) is 15.3. The van der Waals surface area contributed by atoms with Gasteiger partial charge in [-0.1, -0.05) is 182 Å². The zero-order valence-electron chi connectivity index (χ0n) is 26.4. The van der Waals surface area contributed by atoms with Crippen LogP contribution >= 0.6 is 0 Å². The summed E-state index contributed by atoms with van der Waals surface area (Å²) >= 11 is 0. The van der Waals surface area contributed by atoms with Crippen LogP contribution in [0.25, 0.3) is 0 Å². The standard InChI is InChI=1S/3C14H12O2.Eu/c3*15-14(16)13(11-7-3-1-4-8-11)12-9-5-2-6-10-12;/h3*1-10,13H,(H,15,16);/q;;;+3/p-3. The van der Waals surface area contributed by atoms with Crippen LogP contribution in [0.3, 0.4) is 0 Å². The number of hydrogen-bond acceptors (Lipinski definition) is 6. The molecule has 49 heavy (non-hydrogen) atoms. The summed E-state index contributed by atoms with van der Waals surface area (Å²) in [5.74, 6) is -5.29. The summed E-state index contributed by atoms with van der Waals surface area (Å²) in [6, 6.07) is 54.7. The van der Waals surface area contributed by atoms with Crippen molar-refractivity contribution in [3.8, 4) is 0 Å². The van der Waals surface area contributed by atoms with E-state index in [0.29, 0.717) is 0 Å². The van der Waals surface area contributed by atoms with Crippen molar-refractivity contribution in [2.24, 2.45) is 0 Å². The van der Waals surface area contributed by atoms with Gasteiger partial charge in [-0.3, -0.25) is 0 Å². The number of carboxylic acids is 3. The molecule has 6 nitrogen and oxygen atoms in total. The first-order valence-electron chi connectivity index (χ1n) is 15.3. The van der Waals surface area contributed by atoms with Gasteiger partial charge in [-0.2, -0.15) is 0 Å². The number of carboxylic acid groups (broad SMARTS) is 3. The maximum absolute atomic E-state index is 11.2. The van der Waals surface area contributed by atoms with Crippen molar-refractivity contribution >= 4 is 17.9 Å². The molecule has 0 aliphatic heterocycles. The molecule has 0 N–H and O–H groups in total. The van der Waals surface area contributed by atoms with Crippen molar-refractivity contribution in [2.45, 2.75) is 17.8 Å². The van der Waals surface area contributed by atoms with Gasteiger partial charge >= 0.3 is 49.4 Å². The van der Waals surface area contributed by atoms with E-state index in [4.69, 9.17) is 0 Å². The molecular formula is C42H33EuO6. The van der Waals surface area contributed by atoms with Crippen molar-refractivity contribution < 1.29 is 79.1 Å². The van der Waals surface area contributed by atoms with Crippen LogP contribution in [0.2, 0.25) is 0 Å². The fourth-order valence-corrected chi connectivity index (χ4v) is 5.27.